The average molecular weight is 647 g/mol. The first-order chi connectivity index (χ1) is 16.7. The van der Waals surface area contributed by atoms with Crippen LogP contribution in [0.4, 0.5) is 0 Å². The molecule has 1 aliphatic rings. The maximum atomic E-state index is 11.7. The summed E-state index contributed by atoms with van der Waals surface area (Å²) in [6, 6.07) is 13.4. The first kappa shape index (κ1) is 30.8. The van der Waals surface area contributed by atoms with Crippen LogP contribution in [0.3, 0.4) is 0 Å². The number of likely N-dealkylation sites (tertiary alicyclic amines) is 1. The minimum Gasteiger partial charge on any atom is -0.480 e. The number of hydrogen-bond acceptors (Lipinski definition) is 4. The molecular weight excluding hydrogens is 612 g/mol. The molecule has 6 nitrogen and oxygen atoms in total. The molecule has 2 aromatic rings. The summed E-state index contributed by atoms with van der Waals surface area (Å²) in [7, 11) is 0. The molecule has 0 aliphatic carbocycles. The van der Waals surface area contributed by atoms with Crippen molar-refractivity contribution >= 4 is 56.1 Å². The highest BCUT2D eigenvalue weighted by molar-refractivity contribution is 9.10. The van der Waals surface area contributed by atoms with E-state index < -0.39 is 12.6 Å². The molecule has 0 saturated carbocycles. The number of carboxylic acids is 1. The molecule has 2 N–H and O–H groups in total. The summed E-state index contributed by atoms with van der Waals surface area (Å²) >= 11 is 7.68. The highest BCUT2D eigenvalue weighted by atomic mass is 79.9. The lowest BCUT2D eigenvalue weighted by Crippen LogP contribution is -2.38. The van der Waals surface area contributed by atoms with Crippen LogP contribution in [-0.2, 0) is 14.3 Å². The Balaban J connectivity index is 0.00000456. The number of nitrogens with zero attached hydrogens (tertiary/aromatic N) is 1. The van der Waals surface area contributed by atoms with Gasteiger partial charge < -0.3 is 20.1 Å². The van der Waals surface area contributed by atoms with E-state index in [4.69, 9.17) is 9.84 Å². The van der Waals surface area contributed by atoms with Crippen molar-refractivity contribution in [3.63, 3.8) is 0 Å². The van der Waals surface area contributed by atoms with Gasteiger partial charge in [0.1, 0.15) is 13.2 Å². The predicted octanol–water partition coefficient (Wildman–Crippen LogP) is 5.70. The molecule has 0 unspecified atom stereocenters. The van der Waals surface area contributed by atoms with E-state index in [-0.39, 0.29) is 24.9 Å². The number of piperidine rings is 1. The largest absolute Gasteiger partial charge is 0.480 e. The van der Waals surface area contributed by atoms with E-state index in [1.54, 1.807) is 0 Å². The van der Waals surface area contributed by atoms with Crippen LogP contribution in [0.25, 0.3) is 0 Å². The van der Waals surface area contributed by atoms with Gasteiger partial charge in [0.25, 0.3) is 0 Å². The van der Waals surface area contributed by atoms with E-state index in [9.17, 15) is 9.59 Å². The van der Waals surface area contributed by atoms with Crippen LogP contribution in [-0.4, -0.2) is 61.3 Å². The summed E-state index contributed by atoms with van der Waals surface area (Å²) in [6.45, 7) is 7.11. The third-order valence-corrected chi connectivity index (χ3v) is 7.89. The van der Waals surface area contributed by atoms with Crippen molar-refractivity contribution in [2.24, 2.45) is 5.92 Å². The lowest BCUT2D eigenvalue weighted by molar-refractivity contribution is -0.143. The number of rotatable bonds is 11. The van der Waals surface area contributed by atoms with Gasteiger partial charge in [0.2, 0.25) is 5.91 Å². The van der Waals surface area contributed by atoms with Crippen molar-refractivity contribution in [3.8, 4) is 0 Å². The van der Waals surface area contributed by atoms with E-state index in [2.05, 4.69) is 92.3 Å². The second-order valence-corrected chi connectivity index (χ2v) is 11.0. The zero-order valence-corrected chi connectivity index (χ0v) is 24.8. The topological polar surface area (TPSA) is 78.9 Å². The minimum absolute atomic E-state index is 0. The molecule has 2 aromatic carbocycles. The van der Waals surface area contributed by atoms with Crippen LogP contribution in [0, 0.1) is 19.8 Å². The normalized spacial score (nSPS) is 14.5. The number of aliphatic carboxylic acids is 1. The van der Waals surface area contributed by atoms with Crippen LogP contribution < -0.4 is 5.32 Å². The van der Waals surface area contributed by atoms with Gasteiger partial charge in [0.05, 0.1) is 0 Å². The first-order valence-corrected chi connectivity index (χ1v) is 13.6. The van der Waals surface area contributed by atoms with E-state index in [1.165, 1.54) is 31.2 Å². The smallest absolute Gasteiger partial charge is 0.329 e. The van der Waals surface area contributed by atoms with E-state index in [0.717, 1.165) is 38.9 Å². The van der Waals surface area contributed by atoms with Gasteiger partial charge in [-0.25, -0.2) is 4.79 Å². The number of ether oxygens (including phenoxy) is 1. The van der Waals surface area contributed by atoms with E-state index in [1.807, 2.05) is 0 Å². The number of aryl methyl sites for hydroxylation is 2. The standard InChI is InChI=1S/C27H34Br2N2O4.ClH/c1-18-4-6-21(23(28)14-18)27(22-7-5-19(2)15-24(22)29)20-8-12-31(13-9-20)11-3-10-30-25(32)16-35-17-26(33)34;/h4-7,14-15,20,27H,3,8-13,16-17H2,1-2H3,(H,30,32)(H,33,34);1H. The molecule has 0 spiro atoms. The third kappa shape index (κ3) is 9.14. The molecule has 0 aromatic heterocycles. The van der Waals surface area contributed by atoms with Crippen LogP contribution in [0.2, 0.25) is 0 Å². The maximum absolute atomic E-state index is 11.7. The molecule has 0 bridgehead atoms. The molecule has 1 saturated heterocycles. The number of halogens is 3. The third-order valence-electron chi connectivity index (χ3n) is 6.52. The lowest BCUT2D eigenvalue weighted by atomic mass is 9.76. The fourth-order valence-electron chi connectivity index (χ4n) is 4.77. The SMILES string of the molecule is Cc1ccc(C(c2ccc(C)cc2Br)C2CCN(CCCNC(=O)COCC(=O)O)CC2)c(Br)c1.Cl. The molecular formula is C27H35Br2ClN2O4. The number of hydrogen-bond donors (Lipinski definition) is 2. The Labute approximate surface area is 236 Å². The Morgan fingerprint density at radius 2 is 1.58 bits per heavy atom. The molecule has 9 heteroatoms. The van der Waals surface area contributed by atoms with E-state index in [0.29, 0.717) is 18.4 Å². The van der Waals surface area contributed by atoms with Crippen molar-refractivity contribution in [2.75, 3.05) is 39.4 Å². The zero-order valence-electron chi connectivity index (χ0n) is 20.8. The van der Waals surface area contributed by atoms with Crippen LogP contribution in [0.5, 0.6) is 0 Å². The summed E-state index contributed by atoms with van der Waals surface area (Å²) in [5.41, 5.74) is 5.17. The van der Waals surface area contributed by atoms with Crippen molar-refractivity contribution in [1.82, 2.24) is 10.2 Å². The Morgan fingerprint density at radius 1 is 1.03 bits per heavy atom. The van der Waals surface area contributed by atoms with Gasteiger partial charge in [-0.15, -0.1) is 12.4 Å². The zero-order chi connectivity index (χ0) is 25.4. The van der Waals surface area contributed by atoms with Crippen LogP contribution >= 0.6 is 44.3 Å². The molecule has 3 rings (SSSR count). The van der Waals surface area contributed by atoms with Gasteiger partial charge in [0.15, 0.2) is 0 Å². The molecule has 36 heavy (non-hydrogen) atoms. The quantitative estimate of drug-likeness (QED) is 0.307. The van der Waals surface area contributed by atoms with Crippen molar-refractivity contribution in [2.45, 2.75) is 39.0 Å². The Hall–Kier alpha value is -1.45. The summed E-state index contributed by atoms with van der Waals surface area (Å²) < 4.78 is 7.15. The average Bonchev–Trinajstić information content (AvgIpc) is 2.80. The van der Waals surface area contributed by atoms with Crippen molar-refractivity contribution in [1.29, 1.82) is 0 Å². The predicted molar refractivity (Wildman–Crippen MR) is 152 cm³/mol. The van der Waals surface area contributed by atoms with Crippen LogP contribution in [0.15, 0.2) is 45.3 Å². The number of amides is 1. The fourth-order valence-corrected chi connectivity index (χ4v) is 6.25. The minimum atomic E-state index is -1.08. The second kappa shape index (κ2) is 15.1. The van der Waals surface area contributed by atoms with E-state index >= 15 is 0 Å². The first-order valence-electron chi connectivity index (χ1n) is 12.0. The molecule has 1 aliphatic heterocycles. The molecule has 1 heterocycles. The van der Waals surface area contributed by atoms with Gasteiger partial charge in [-0.2, -0.15) is 0 Å². The number of nitrogens with one attached hydrogen (secondary N) is 1. The summed E-state index contributed by atoms with van der Waals surface area (Å²) in [5.74, 6) is -0.504. The highest BCUT2D eigenvalue weighted by Gasteiger charge is 2.31. The molecule has 1 fully saturated rings. The van der Waals surface area contributed by atoms with Gasteiger partial charge in [-0.1, -0.05) is 56.1 Å². The maximum Gasteiger partial charge on any atom is 0.329 e. The summed E-state index contributed by atoms with van der Waals surface area (Å²) in [4.78, 5) is 24.6. The molecule has 0 atom stereocenters. The number of benzene rings is 2. The molecule has 0 radical (unpaired) electrons. The van der Waals surface area contributed by atoms with Gasteiger partial charge in [0, 0.05) is 21.4 Å². The molecule has 1 amide bonds. The van der Waals surface area contributed by atoms with Crippen molar-refractivity contribution < 1.29 is 19.4 Å². The second-order valence-electron chi connectivity index (χ2n) is 9.30. The highest BCUT2D eigenvalue weighted by Crippen LogP contribution is 2.43. The van der Waals surface area contributed by atoms with Gasteiger partial charge in [-0.05, 0) is 93.0 Å². The number of carbonyl (C=O) groups is 2. The monoisotopic (exact) mass is 644 g/mol. The van der Waals surface area contributed by atoms with Crippen molar-refractivity contribution in [3.05, 3.63) is 67.6 Å². The lowest BCUT2D eigenvalue weighted by Gasteiger charge is -2.37. The van der Waals surface area contributed by atoms with Gasteiger partial charge in [-0.3, -0.25) is 4.79 Å². The fraction of sp³-hybridized carbons (Fsp3) is 0.481. The summed E-state index contributed by atoms with van der Waals surface area (Å²) in [6.07, 6.45) is 3.08. The summed E-state index contributed by atoms with van der Waals surface area (Å²) in [5, 5.41) is 11.3. The Morgan fingerprint density at radius 3 is 2.08 bits per heavy atom. The number of carboxylic acid groups (broad SMARTS) is 1. The van der Waals surface area contributed by atoms with Crippen LogP contribution in [0.1, 0.15) is 47.4 Å². The number of carbonyl (C=O) groups excluding carboxylic acids is 1. The Kier molecular flexibility index (Phi) is 12.9. The Bertz CT molecular complexity index is 977. The molecule has 198 valence electrons. The van der Waals surface area contributed by atoms with Gasteiger partial charge >= 0.3 is 5.97 Å².